The zero-order chi connectivity index (χ0) is 34.1. The van der Waals surface area contributed by atoms with E-state index in [0.717, 1.165) is 4.57 Å². The highest BCUT2D eigenvalue weighted by Crippen LogP contribution is 2.35. The Balaban J connectivity index is 1.73. The zero-order valence-corrected chi connectivity index (χ0v) is 30.2. The molecule has 1 aromatic heterocycles. The third kappa shape index (κ3) is 8.40. The molecular weight excluding hydrogens is 700 g/mol. The van der Waals surface area contributed by atoms with Crippen molar-refractivity contribution in [2.75, 3.05) is 23.7 Å². The molecule has 14 heteroatoms. The van der Waals surface area contributed by atoms with E-state index in [4.69, 9.17) is 21.1 Å². The number of nitrogens with zero attached hydrogens (tertiary/aromatic N) is 3. The molecule has 2 amide bonds. The Kier molecular flexibility index (Phi) is 10.8. The standard InChI is InChI=1S/C32H40BrClN4O7S/c1-8-46(43)26-10-9-20(34)15-19(26)18-37-27(39)22-16-23(33)25(17-24(22)35-28(37)40)38(30(42)45-32(5,6)7)21-11-13-36(14-12-21)29(41)44-31(2,3)4/h9-10,15-17,21H,8,11-14,18H2,1-7H3,(H,35,40). The second kappa shape index (κ2) is 13.9. The molecule has 1 atom stereocenters. The number of halogens is 2. The fourth-order valence-electron chi connectivity index (χ4n) is 5.20. The molecule has 0 aliphatic carbocycles. The van der Waals surface area contributed by atoms with Crippen LogP contribution in [0.4, 0.5) is 15.3 Å². The average molecular weight is 740 g/mol. The van der Waals surface area contributed by atoms with E-state index < -0.39 is 45.4 Å². The van der Waals surface area contributed by atoms with Crippen molar-refractivity contribution < 1.29 is 23.3 Å². The van der Waals surface area contributed by atoms with Crippen molar-refractivity contribution in [3.8, 4) is 0 Å². The van der Waals surface area contributed by atoms with Gasteiger partial charge in [0.15, 0.2) is 0 Å². The van der Waals surface area contributed by atoms with Gasteiger partial charge < -0.3 is 19.4 Å². The van der Waals surface area contributed by atoms with Gasteiger partial charge in [-0.2, -0.15) is 0 Å². The van der Waals surface area contributed by atoms with Crippen molar-refractivity contribution in [1.29, 1.82) is 0 Å². The molecule has 2 aromatic carbocycles. The first-order chi connectivity index (χ1) is 21.4. The molecule has 1 fully saturated rings. The van der Waals surface area contributed by atoms with Gasteiger partial charge in [-0.25, -0.2) is 14.4 Å². The van der Waals surface area contributed by atoms with E-state index in [0.29, 0.717) is 57.3 Å². The van der Waals surface area contributed by atoms with Crippen LogP contribution in [-0.4, -0.2) is 66.9 Å². The van der Waals surface area contributed by atoms with Crippen LogP contribution in [0.1, 0.15) is 66.9 Å². The molecule has 11 nitrogen and oxygen atoms in total. The molecule has 2 heterocycles. The average Bonchev–Trinajstić information content (AvgIpc) is 2.94. The number of anilines is 1. The van der Waals surface area contributed by atoms with Gasteiger partial charge in [0, 0.05) is 39.3 Å². The van der Waals surface area contributed by atoms with Gasteiger partial charge >= 0.3 is 17.9 Å². The Morgan fingerprint density at radius 3 is 2.26 bits per heavy atom. The van der Waals surface area contributed by atoms with E-state index in [-0.39, 0.29) is 23.5 Å². The number of nitrogens with one attached hydrogen (secondary N) is 1. The van der Waals surface area contributed by atoms with E-state index in [1.54, 1.807) is 83.7 Å². The number of carbonyl (C=O) groups is 2. The molecule has 1 aliphatic rings. The van der Waals surface area contributed by atoms with Crippen molar-refractivity contribution in [3.05, 3.63) is 66.2 Å². The summed E-state index contributed by atoms with van der Waals surface area (Å²) in [6.07, 6.45) is -0.123. The minimum atomic E-state index is -1.33. The minimum absolute atomic E-state index is 0.134. The summed E-state index contributed by atoms with van der Waals surface area (Å²) in [6, 6.07) is 7.66. The maximum atomic E-state index is 13.7. The molecule has 1 aliphatic heterocycles. The van der Waals surface area contributed by atoms with Crippen molar-refractivity contribution in [2.24, 2.45) is 0 Å². The number of hydrogen-bond acceptors (Lipinski definition) is 7. The maximum Gasteiger partial charge on any atom is 0.415 e. The molecule has 3 aromatic rings. The fourth-order valence-corrected chi connectivity index (χ4v) is 6.87. The summed E-state index contributed by atoms with van der Waals surface area (Å²) in [7, 11) is -1.33. The molecular formula is C32H40BrClN4O7S. The Bertz CT molecular complexity index is 1790. The number of H-pyrrole nitrogens is 1. The fraction of sp³-hybridized carbons (Fsp3) is 0.500. The topological polar surface area (TPSA) is 131 Å². The molecule has 1 unspecified atom stereocenters. The number of carbonyl (C=O) groups excluding carboxylic acids is 2. The van der Waals surface area contributed by atoms with Crippen LogP contribution in [-0.2, 0) is 26.8 Å². The lowest BCUT2D eigenvalue weighted by atomic mass is 10.0. The van der Waals surface area contributed by atoms with Crippen molar-refractivity contribution in [2.45, 2.75) is 90.0 Å². The lowest BCUT2D eigenvalue weighted by Gasteiger charge is -2.39. The van der Waals surface area contributed by atoms with Gasteiger partial charge in [0.05, 0.1) is 33.9 Å². The highest BCUT2D eigenvalue weighted by atomic mass is 79.9. The first-order valence-electron chi connectivity index (χ1n) is 15.0. The van der Waals surface area contributed by atoms with Gasteiger partial charge in [-0.1, -0.05) is 18.5 Å². The van der Waals surface area contributed by atoms with Crippen LogP contribution in [0.3, 0.4) is 0 Å². The molecule has 0 bridgehead atoms. The molecule has 250 valence electrons. The smallest absolute Gasteiger partial charge is 0.415 e. The van der Waals surface area contributed by atoms with E-state index in [9.17, 15) is 23.4 Å². The van der Waals surface area contributed by atoms with Crippen LogP contribution >= 0.6 is 27.5 Å². The number of aromatic nitrogens is 2. The summed E-state index contributed by atoms with van der Waals surface area (Å²) < 4.78 is 25.4. The third-order valence-corrected chi connectivity index (χ3v) is 9.52. The third-order valence-electron chi connectivity index (χ3n) is 7.24. The number of ether oxygens (including phenoxy) is 2. The number of likely N-dealkylation sites (tertiary alicyclic amines) is 1. The lowest BCUT2D eigenvalue weighted by Crippen LogP contribution is -2.51. The highest BCUT2D eigenvalue weighted by Gasteiger charge is 2.36. The SMILES string of the molecule is CCS(=O)c1ccc(Cl)cc1Cn1c(=O)[nH]c2cc(N(C(=O)OC(C)(C)C)C3CCN(C(=O)OC(C)(C)C)CC3)c(Br)cc2c1=O. The summed E-state index contributed by atoms with van der Waals surface area (Å²) in [6.45, 7) is 13.1. The Labute approximate surface area is 283 Å². The highest BCUT2D eigenvalue weighted by molar-refractivity contribution is 9.10. The van der Waals surface area contributed by atoms with Crippen molar-refractivity contribution >= 4 is 67.1 Å². The Morgan fingerprint density at radius 2 is 1.67 bits per heavy atom. The lowest BCUT2D eigenvalue weighted by molar-refractivity contribution is 0.0200. The normalized spacial score (nSPS) is 15.1. The van der Waals surface area contributed by atoms with Gasteiger partial charge in [0.25, 0.3) is 5.56 Å². The molecule has 1 saturated heterocycles. The van der Waals surface area contributed by atoms with Gasteiger partial charge in [-0.3, -0.25) is 18.5 Å². The van der Waals surface area contributed by atoms with Crippen LogP contribution in [0, 0.1) is 0 Å². The van der Waals surface area contributed by atoms with E-state index in [2.05, 4.69) is 20.9 Å². The van der Waals surface area contributed by atoms with Gasteiger partial charge in [0.2, 0.25) is 0 Å². The number of piperidine rings is 1. The number of amides is 2. The van der Waals surface area contributed by atoms with Crippen LogP contribution in [0.25, 0.3) is 10.9 Å². The van der Waals surface area contributed by atoms with Crippen LogP contribution < -0.4 is 16.1 Å². The zero-order valence-electron chi connectivity index (χ0n) is 27.1. The van der Waals surface area contributed by atoms with Crippen LogP contribution in [0.2, 0.25) is 5.02 Å². The summed E-state index contributed by atoms with van der Waals surface area (Å²) in [4.78, 5) is 59.8. The number of fused-ring (bicyclic) bond motifs is 1. The van der Waals surface area contributed by atoms with Crippen LogP contribution in [0.15, 0.2) is 49.3 Å². The van der Waals surface area contributed by atoms with Gasteiger partial charge in [0.1, 0.15) is 11.2 Å². The van der Waals surface area contributed by atoms with Crippen molar-refractivity contribution in [1.82, 2.24) is 14.5 Å². The number of aromatic amines is 1. The Morgan fingerprint density at radius 1 is 1.04 bits per heavy atom. The number of benzene rings is 2. The van der Waals surface area contributed by atoms with Gasteiger partial charge in [-0.15, -0.1) is 0 Å². The number of hydrogen-bond donors (Lipinski definition) is 1. The molecule has 4 rings (SSSR count). The summed E-state index contributed by atoms with van der Waals surface area (Å²) in [5.74, 6) is 0.363. The Hall–Kier alpha value is -3.16. The first-order valence-corrected chi connectivity index (χ1v) is 17.5. The van der Waals surface area contributed by atoms with Crippen molar-refractivity contribution in [3.63, 3.8) is 0 Å². The largest absolute Gasteiger partial charge is 0.444 e. The van der Waals surface area contributed by atoms with Crippen LogP contribution in [0.5, 0.6) is 0 Å². The summed E-state index contributed by atoms with van der Waals surface area (Å²) in [5, 5.41) is 0.600. The quantitative estimate of drug-likeness (QED) is 0.309. The number of rotatable bonds is 6. The van der Waals surface area contributed by atoms with E-state index in [1.165, 1.54) is 4.90 Å². The first kappa shape index (κ1) is 35.7. The molecule has 0 spiro atoms. The molecule has 0 saturated carbocycles. The monoisotopic (exact) mass is 738 g/mol. The second-order valence-corrected chi connectivity index (χ2v) is 16.1. The van der Waals surface area contributed by atoms with Gasteiger partial charge in [-0.05, 0) is 106 Å². The summed E-state index contributed by atoms with van der Waals surface area (Å²) in [5.41, 5.74) is -1.52. The molecule has 0 radical (unpaired) electrons. The second-order valence-electron chi connectivity index (χ2n) is 13.1. The van der Waals surface area contributed by atoms with E-state index >= 15 is 0 Å². The molecule has 46 heavy (non-hydrogen) atoms. The summed E-state index contributed by atoms with van der Waals surface area (Å²) >= 11 is 9.77. The predicted molar refractivity (Wildman–Crippen MR) is 184 cm³/mol. The maximum absolute atomic E-state index is 13.7. The predicted octanol–water partition coefficient (Wildman–Crippen LogP) is 6.42. The van der Waals surface area contributed by atoms with E-state index in [1.807, 2.05) is 0 Å². The minimum Gasteiger partial charge on any atom is -0.444 e. The molecule has 1 N–H and O–H groups in total.